The summed E-state index contributed by atoms with van der Waals surface area (Å²) in [5.74, 6) is 0.321. The molecule has 2 aliphatic rings. The summed E-state index contributed by atoms with van der Waals surface area (Å²) in [6, 6.07) is 0.491. The summed E-state index contributed by atoms with van der Waals surface area (Å²) < 4.78 is 0. The van der Waals surface area contributed by atoms with E-state index in [1.165, 1.54) is 0 Å². The maximum absolute atomic E-state index is 12.0. The van der Waals surface area contributed by atoms with Crippen LogP contribution in [0.25, 0.3) is 0 Å². The number of hydrogen-bond donors (Lipinski definition) is 1. The van der Waals surface area contributed by atoms with Crippen molar-refractivity contribution in [2.45, 2.75) is 25.3 Å². The van der Waals surface area contributed by atoms with Gasteiger partial charge in [0.2, 0.25) is 5.91 Å². The van der Waals surface area contributed by atoms with Gasteiger partial charge in [0.25, 0.3) is 0 Å². The van der Waals surface area contributed by atoms with Crippen molar-refractivity contribution < 1.29 is 4.79 Å². The van der Waals surface area contributed by atoms with Gasteiger partial charge >= 0.3 is 0 Å². The van der Waals surface area contributed by atoms with Crippen LogP contribution >= 0.6 is 0 Å². The molecule has 1 amide bonds. The van der Waals surface area contributed by atoms with Crippen LogP contribution in [0.15, 0.2) is 0 Å². The van der Waals surface area contributed by atoms with Crippen LogP contribution in [0.2, 0.25) is 0 Å². The molecule has 0 unspecified atom stereocenters. The lowest BCUT2D eigenvalue weighted by molar-refractivity contribution is -0.133. The van der Waals surface area contributed by atoms with E-state index >= 15 is 0 Å². The lowest BCUT2D eigenvalue weighted by atomic mass is 10.0. The highest BCUT2D eigenvalue weighted by atomic mass is 16.2. The molecule has 0 atom stereocenters. The van der Waals surface area contributed by atoms with Crippen LogP contribution in [0.4, 0.5) is 0 Å². The molecule has 4 nitrogen and oxygen atoms in total. The lowest BCUT2D eigenvalue weighted by Gasteiger charge is -2.33. The standard InChI is InChI=1S/C11H21N3O/c1-13-7-2-8-14(11(15)9-13)10-3-5-12-6-4-10/h10,12H,2-9H2,1H3. The van der Waals surface area contributed by atoms with Gasteiger partial charge < -0.3 is 10.2 Å². The minimum absolute atomic E-state index is 0.321. The van der Waals surface area contributed by atoms with Crippen molar-refractivity contribution in [1.82, 2.24) is 15.1 Å². The summed E-state index contributed by atoms with van der Waals surface area (Å²) in [7, 11) is 2.03. The van der Waals surface area contributed by atoms with Crippen molar-refractivity contribution in [1.29, 1.82) is 0 Å². The van der Waals surface area contributed by atoms with Gasteiger partial charge in [-0.25, -0.2) is 0 Å². The van der Waals surface area contributed by atoms with Gasteiger partial charge in [-0.2, -0.15) is 0 Å². The first-order chi connectivity index (χ1) is 7.27. The minimum atomic E-state index is 0.321. The van der Waals surface area contributed by atoms with Gasteiger partial charge in [0.1, 0.15) is 0 Å². The molecule has 2 saturated heterocycles. The number of nitrogens with one attached hydrogen (secondary N) is 1. The van der Waals surface area contributed by atoms with Crippen LogP contribution in [-0.2, 0) is 4.79 Å². The third kappa shape index (κ3) is 2.69. The predicted molar refractivity (Wildman–Crippen MR) is 59.7 cm³/mol. The molecule has 0 spiro atoms. The third-order valence-electron chi connectivity index (χ3n) is 3.41. The molecule has 2 rings (SSSR count). The highest BCUT2D eigenvalue weighted by Gasteiger charge is 2.27. The first-order valence-electron chi connectivity index (χ1n) is 5.96. The molecule has 0 aromatic heterocycles. The average Bonchev–Trinajstić information content (AvgIpc) is 2.40. The van der Waals surface area contributed by atoms with Crippen molar-refractivity contribution in [2.75, 3.05) is 39.8 Å². The fourth-order valence-corrected chi connectivity index (χ4v) is 2.54. The summed E-state index contributed by atoms with van der Waals surface area (Å²) in [5.41, 5.74) is 0. The zero-order chi connectivity index (χ0) is 10.7. The van der Waals surface area contributed by atoms with Crippen LogP contribution in [0.1, 0.15) is 19.3 Å². The van der Waals surface area contributed by atoms with Crippen LogP contribution in [0, 0.1) is 0 Å². The first-order valence-corrected chi connectivity index (χ1v) is 5.96. The van der Waals surface area contributed by atoms with Gasteiger partial charge in [-0.3, -0.25) is 9.69 Å². The molecule has 15 heavy (non-hydrogen) atoms. The largest absolute Gasteiger partial charge is 0.338 e. The van der Waals surface area contributed by atoms with Crippen LogP contribution in [0.5, 0.6) is 0 Å². The molecule has 0 saturated carbocycles. The molecule has 2 aliphatic heterocycles. The lowest BCUT2D eigenvalue weighted by Crippen LogP contribution is -2.47. The molecule has 4 heteroatoms. The van der Waals surface area contributed by atoms with Gasteiger partial charge in [-0.15, -0.1) is 0 Å². The molecular weight excluding hydrogens is 190 g/mol. The molecule has 0 aliphatic carbocycles. The summed E-state index contributed by atoms with van der Waals surface area (Å²) in [4.78, 5) is 16.2. The van der Waals surface area contributed by atoms with Gasteiger partial charge in [-0.1, -0.05) is 0 Å². The zero-order valence-corrected chi connectivity index (χ0v) is 9.54. The zero-order valence-electron chi connectivity index (χ0n) is 9.54. The Hall–Kier alpha value is -0.610. The van der Waals surface area contributed by atoms with E-state index in [-0.39, 0.29) is 0 Å². The Morgan fingerprint density at radius 2 is 2.00 bits per heavy atom. The minimum Gasteiger partial charge on any atom is -0.338 e. The number of carbonyl (C=O) groups excluding carboxylic acids is 1. The monoisotopic (exact) mass is 211 g/mol. The van der Waals surface area contributed by atoms with Gasteiger partial charge in [0, 0.05) is 19.1 Å². The Balaban J connectivity index is 1.96. The number of piperidine rings is 1. The maximum atomic E-state index is 12.0. The second kappa shape index (κ2) is 4.94. The van der Waals surface area contributed by atoms with Gasteiger partial charge in [0.05, 0.1) is 6.54 Å². The Kier molecular flexibility index (Phi) is 3.59. The van der Waals surface area contributed by atoms with Crippen molar-refractivity contribution in [3.63, 3.8) is 0 Å². The highest BCUT2D eigenvalue weighted by molar-refractivity contribution is 5.78. The molecule has 1 N–H and O–H groups in total. The second-order valence-electron chi connectivity index (χ2n) is 4.66. The van der Waals surface area contributed by atoms with Crippen molar-refractivity contribution >= 4 is 5.91 Å². The van der Waals surface area contributed by atoms with E-state index in [9.17, 15) is 4.79 Å². The molecule has 0 aromatic rings. The molecule has 0 bridgehead atoms. The first kappa shape index (κ1) is 10.9. The van der Waals surface area contributed by atoms with Crippen molar-refractivity contribution in [2.24, 2.45) is 0 Å². The van der Waals surface area contributed by atoms with E-state index in [0.717, 1.165) is 45.4 Å². The molecule has 0 radical (unpaired) electrons. The molecule has 0 aromatic carbocycles. The second-order valence-corrected chi connectivity index (χ2v) is 4.66. The van der Waals surface area contributed by atoms with E-state index < -0.39 is 0 Å². The number of amides is 1. The molecule has 86 valence electrons. The third-order valence-corrected chi connectivity index (χ3v) is 3.41. The van der Waals surface area contributed by atoms with Crippen molar-refractivity contribution in [3.05, 3.63) is 0 Å². The number of likely N-dealkylation sites (N-methyl/N-ethyl adjacent to an activating group) is 1. The number of rotatable bonds is 1. The Labute approximate surface area is 91.6 Å². The molecular formula is C11H21N3O. The fourth-order valence-electron chi connectivity index (χ4n) is 2.54. The molecule has 2 fully saturated rings. The van der Waals surface area contributed by atoms with E-state index in [2.05, 4.69) is 15.1 Å². The normalized spacial score (nSPS) is 26.7. The number of nitrogens with zero attached hydrogens (tertiary/aromatic N) is 2. The van der Waals surface area contributed by atoms with Crippen LogP contribution in [0.3, 0.4) is 0 Å². The topological polar surface area (TPSA) is 35.6 Å². The van der Waals surface area contributed by atoms with E-state index in [1.54, 1.807) is 0 Å². The van der Waals surface area contributed by atoms with Crippen LogP contribution in [-0.4, -0.2) is 61.5 Å². The van der Waals surface area contributed by atoms with Crippen LogP contribution < -0.4 is 5.32 Å². The van der Waals surface area contributed by atoms with E-state index in [4.69, 9.17) is 0 Å². The van der Waals surface area contributed by atoms with E-state index in [0.29, 0.717) is 18.5 Å². The van der Waals surface area contributed by atoms with Gasteiger partial charge in [-0.05, 0) is 39.4 Å². The Morgan fingerprint density at radius 3 is 2.73 bits per heavy atom. The summed E-state index contributed by atoms with van der Waals surface area (Å²) in [5, 5.41) is 3.34. The van der Waals surface area contributed by atoms with Crippen molar-refractivity contribution in [3.8, 4) is 0 Å². The molecule has 2 heterocycles. The average molecular weight is 211 g/mol. The predicted octanol–water partition coefficient (Wildman–Crippen LogP) is -0.0975. The Morgan fingerprint density at radius 1 is 1.27 bits per heavy atom. The SMILES string of the molecule is CN1CCCN(C2CCNCC2)C(=O)C1. The smallest absolute Gasteiger partial charge is 0.236 e. The summed E-state index contributed by atoms with van der Waals surface area (Å²) in [6.45, 7) is 4.72. The number of hydrogen-bond acceptors (Lipinski definition) is 3. The maximum Gasteiger partial charge on any atom is 0.236 e. The van der Waals surface area contributed by atoms with Gasteiger partial charge in [0.15, 0.2) is 0 Å². The summed E-state index contributed by atoms with van der Waals surface area (Å²) >= 11 is 0. The number of carbonyl (C=O) groups is 1. The quantitative estimate of drug-likeness (QED) is 0.658. The highest BCUT2D eigenvalue weighted by Crippen LogP contribution is 2.14. The van der Waals surface area contributed by atoms with E-state index in [1.807, 2.05) is 7.05 Å². The summed E-state index contributed by atoms with van der Waals surface area (Å²) in [6.07, 6.45) is 3.36. The fraction of sp³-hybridized carbons (Fsp3) is 0.909. The Bertz CT molecular complexity index is 226.